The lowest BCUT2D eigenvalue weighted by Crippen LogP contribution is -2.54. The molecule has 3 aliphatic heterocycles. The second-order valence-corrected chi connectivity index (χ2v) is 21.5. The van der Waals surface area contributed by atoms with E-state index in [-0.39, 0.29) is 46.7 Å². The van der Waals surface area contributed by atoms with E-state index in [1.807, 2.05) is 6.07 Å². The van der Waals surface area contributed by atoms with E-state index in [1.165, 1.54) is 43.0 Å². The topological polar surface area (TPSA) is 205 Å². The summed E-state index contributed by atoms with van der Waals surface area (Å²) in [5.74, 6) is -0.759. The third-order valence-corrected chi connectivity index (χ3v) is 16.3. The number of nitrogens with zero attached hydrogens (tertiary/aromatic N) is 5. The summed E-state index contributed by atoms with van der Waals surface area (Å²) < 4.78 is 42.2. The summed E-state index contributed by atoms with van der Waals surface area (Å²) in [6.07, 6.45) is 12.7. The summed E-state index contributed by atoms with van der Waals surface area (Å²) >= 11 is 0. The highest BCUT2D eigenvalue weighted by molar-refractivity contribution is 7.90. The number of aromatic nitrogens is 3. The Kier molecular flexibility index (Phi) is 11.4. The maximum absolute atomic E-state index is 14.1. The number of carbonyl (C=O) groups is 1. The number of ether oxygens (including phenoxy) is 2. The van der Waals surface area contributed by atoms with Crippen LogP contribution >= 0.6 is 0 Å². The van der Waals surface area contributed by atoms with Gasteiger partial charge in [-0.1, -0.05) is 38.1 Å². The van der Waals surface area contributed by atoms with Gasteiger partial charge >= 0.3 is 15.8 Å². The minimum absolute atomic E-state index is 0.0256. The number of carbonyl (C=O) groups excluding carboxylic acids is 1. The van der Waals surface area contributed by atoms with Crippen LogP contribution in [-0.2, 0) is 10.0 Å². The number of piperidine rings is 1. The van der Waals surface area contributed by atoms with Crippen molar-refractivity contribution in [3.63, 3.8) is 0 Å². The van der Waals surface area contributed by atoms with E-state index in [1.54, 1.807) is 37.4 Å². The number of hydrogen-bond acceptors (Lipinski definition) is 13. The van der Waals surface area contributed by atoms with Crippen molar-refractivity contribution in [3.8, 4) is 17.2 Å². The summed E-state index contributed by atoms with van der Waals surface area (Å²) in [5.41, 5.74) is 3.88. The fourth-order valence-electron chi connectivity index (χ4n) is 11.4. The van der Waals surface area contributed by atoms with Gasteiger partial charge in [-0.25, -0.2) is 9.71 Å². The number of nitro groups is 1. The Hall–Kier alpha value is -5.78. The average Bonchev–Trinajstić information content (AvgIpc) is 3.98. The Bertz CT molecular complexity index is 2770. The Labute approximate surface area is 384 Å². The lowest BCUT2D eigenvalue weighted by atomic mass is 9.59. The zero-order valence-electron chi connectivity index (χ0n) is 37.7. The van der Waals surface area contributed by atoms with Crippen LogP contribution < -0.4 is 24.4 Å². The van der Waals surface area contributed by atoms with E-state index in [4.69, 9.17) is 9.47 Å². The van der Waals surface area contributed by atoms with Crippen molar-refractivity contribution < 1.29 is 32.7 Å². The smallest absolute Gasteiger partial charge is 0.392 e. The molecule has 1 amide bonds. The minimum Gasteiger partial charge on any atom is -0.489 e. The third kappa shape index (κ3) is 8.56. The highest BCUT2D eigenvalue weighted by Gasteiger charge is 2.50. The van der Waals surface area contributed by atoms with Crippen molar-refractivity contribution in [2.45, 2.75) is 120 Å². The van der Waals surface area contributed by atoms with Crippen LogP contribution in [0.15, 0.2) is 78.1 Å². The molecule has 2 aromatic carbocycles. The van der Waals surface area contributed by atoms with E-state index >= 15 is 0 Å². The number of hydrogen-bond donors (Lipinski definition) is 4. The second kappa shape index (κ2) is 17.1. The molecule has 66 heavy (non-hydrogen) atoms. The van der Waals surface area contributed by atoms with Gasteiger partial charge in [-0.05, 0) is 140 Å². The first kappa shape index (κ1) is 44.1. The van der Waals surface area contributed by atoms with Gasteiger partial charge in [-0.3, -0.25) is 9.69 Å². The monoisotopic (exact) mass is 918 g/mol. The molecular weight excluding hydrogens is 861 g/mol. The summed E-state index contributed by atoms with van der Waals surface area (Å²) in [6, 6.07) is 19.5. The number of sulfonamides is 1. The van der Waals surface area contributed by atoms with Gasteiger partial charge in [0.05, 0.1) is 23.4 Å². The van der Waals surface area contributed by atoms with Gasteiger partial charge in [0.2, 0.25) is 0 Å². The molecule has 2 saturated heterocycles. The van der Waals surface area contributed by atoms with Gasteiger partial charge in [0.15, 0.2) is 11.4 Å². The Balaban J connectivity index is 0.855. The molecule has 2 atom stereocenters. The van der Waals surface area contributed by atoms with E-state index in [0.29, 0.717) is 55.1 Å². The predicted molar refractivity (Wildman–Crippen MR) is 250 cm³/mol. The lowest BCUT2D eigenvalue weighted by Gasteiger charge is -2.56. The zero-order valence-corrected chi connectivity index (χ0v) is 38.5. The number of amides is 1. The number of benzene rings is 2. The van der Waals surface area contributed by atoms with Crippen molar-refractivity contribution in [2.75, 3.05) is 36.5 Å². The fraction of sp³-hybridized carbons (Fsp3) is 0.490. The van der Waals surface area contributed by atoms with E-state index in [9.17, 15) is 28.4 Å². The molecule has 0 radical (unpaired) electrons. The van der Waals surface area contributed by atoms with E-state index < -0.39 is 37.3 Å². The maximum atomic E-state index is 14.1. The quantitative estimate of drug-likeness (QED) is 0.0725. The fourth-order valence-corrected chi connectivity index (χ4v) is 12.3. The van der Waals surface area contributed by atoms with Crippen LogP contribution in [0.25, 0.3) is 11.0 Å². The van der Waals surface area contributed by atoms with Gasteiger partial charge in [0.1, 0.15) is 23.8 Å². The van der Waals surface area contributed by atoms with Crippen molar-refractivity contribution in [3.05, 3.63) is 99.9 Å². The molecule has 0 bridgehead atoms. The molecule has 17 heteroatoms. The first-order valence-electron chi connectivity index (χ1n) is 23.4. The van der Waals surface area contributed by atoms with Gasteiger partial charge in [0, 0.05) is 54.6 Å². The number of rotatable bonds is 11. The molecule has 1 spiro atoms. The minimum atomic E-state index is -4.77. The largest absolute Gasteiger partial charge is 0.489 e. The molecule has 16 nitrogen and oxygen atoms in total. The van der Waals surface area contributed by atoms with Gasteiger partial charge in [-0.2, -0.15) is 8.42 Å². The number of anilines is 2. The molecule has 3 aromatic heterocycles. The highest BCUT2D eigenvalue weighted by Crippen LogP contribution is 2.54. The molecular formula is C49H58N8O8S. The zero-order chi connectivity index (χ0) is 46.0. The maximum Gasteiger partial charge on any atom is 0.392 e. The first-order valence-corrected chi connectivity index (χ1v) is 24.9. The normalized spacial score (nSPS) is 24.4. The Morgan fingerprint density at radius 2 is 1.80 bits per heavy atom. The van der Waals surface area contributed by atoms with Crippen LogP contribution in [-0.4, -0.2) is 88.1 Å². The molecule has 4 N–H and O–H groups in total. The van der Waals surface area contributed by atoms with Crippen molar-refractivity contribution in [1.29, 1.82) is 0 Å². The molecule has 6 heterocycles. The molecule has 5 aromatic rings. The summed E-state index contributed by atoms with van der Waals surface area (Å²) in [6.45, 7) is 9.29. The number of pyridine rings is 2. The van der Waals surface area contributed by atoms with Crippen LogP contribution in [0.1, 0.15) is 118 Å². The number of likely N-dealkylation sites (tertiary alicyclic amines) is 1. The van der Waals surface area contributed by atoms with Crippen LogP contribution in [0.3, 0.4) is 0 Å². The van der Waals surface area contributed by atoms with E-state index in [2.05, 4.69) is 72.9 Å². The Morgan fingerprint density at radius 3 is 2.56 bits per heavy atom. The highest BCUT2D eigenvalue weighted by atomic mass is 32.2. The molecule has 348 valence electrons. The van der Waals surface area contributed by atoms with Crippen LogP contribution in [0.2, 0.25) is 0 Å². The molecule has 0 unspecified atom stereocenters. The van der Waals surface area contributed by atoms with Gasteiger partial charge in [0.25, 0.3) is 10.9 Å². The van der Waals surface area contributed by atoms with Crippen molar-refractivity contribution in [2.24, 2.45) is 11.3 Å². The Morgan fingerprint density at radius 1 is 1.03 bits per heavy atom. The van der Waals surface area contributed by atoms with Crippen LogP contribution in [0, 0.1) is 21.4 Å². The SMILES string of the molecule is CC(C)c1ccccc1[C@@H]1CCCN1C1CC2(CCN(c3ccc(C(=O)NS(=O)(=O)c4cc5c(c([N+](=O)[O-])n4)N[C@@H](C4CCC(C)(O)CC4)CO5)c(Oc4cnc5[nH]ccc5c4)c3)CC2)C1. The molecule has 2 aliphatic carbocycles. The molecule has 2 saturated carbocycles. The van der Waals surface area contributed by atoms with Crippen molar-refractivity contribution in [1.82, 2.24) is 24.6 Å². The predicted octanol–water partition coefficient (Wildman–Crippen LogP) is 8.60. The molecule has 5 aliphatic rings. The summed E-state index contributed by atoms with van der Waals surface area (Å²) in [4.78, 5) is 42.1. The van der Waals surface area contributed by atoms with Gasteiger partial charge < -0.3 is 39.9 Å². The molecule has 4 fully saturated rings. The second-order valence-electron chi connectivity index (χ2n) is 19.8. The summed E-state index contributed by atoms with van der Waals surface area (Å²) in [5, 5.41) is 26.0. The number of H-pyrrole nitrogens is 1. The third-order valence-electron chi connectivity index (χ3n) is 15.1. The number of fused-ring (bicyclic) bond motifs is 2. The molecule has 10 rings (SSSR count). The van der Waals surface area contributed by atoms with Crippen LogP contribution in [0.5, 0.6) is 17.2 Å². The number of aliphatic hydroxyl groups is 1. The standard InChI is InChI=1S/C49H58N8O8S/c1-30(2)36-7-4-5-8-37(36)40-9-6-20-56(40)34-26-49(27-34)17-21-55(22-18-49)33-10-11-38(41(24-33)65-35-23-32-14-19-50-45(32)51-28-35)47(58)54-66(62,63)43-25-42-44(46(53-43)57(60)61)52-39(29-64-42)31-12-15-48(3,59)16-13-31/h4-5,7-8,10-11,14,19,23-25,28,30-31,34,39-40,52,59H,6,9,12-13,15-18,20-22,26-27,29H2,1-3H3,(H,50,51)(H,54,58)/t31?,39-,40+,48?/m1/s1. The van der Waals surface area contributed by atoms with Gasteiger partial charge in [-0.15, -0.1) is 0 Å². The average molecular weight is 919 g/mol. The van der Waals surface area contributed by atoms with Crippen LogP contribution in [0.4, 0.5) is 17.2 Å². The van der Waals surface area contributed by atoms with Crippen molar-refractivity contribution >= 4 is 44.2 Å². The number of aromatic amines is 1. The summed E-state index contributed by atoms with van der Waals surface area (Å²) in [7, 11) is -4.77. The number of nitrogens with one attached hydrogen (secondary N) is 3. The lowest BCUT2D eigenvalue weighted by molar-refractivity contribution is -0.389. The van der Waals surface area contributed by atoms with E-state index in [0.717, 1.165) is 49.6 Å². The first-order chi connectivity index (χ1) is 31.6.